The minimum absolute atomic E-state index is 0.00364. The van der Waals surface area contributed by atoms with Crippen LogP contribution in [0.4, 0.5) is 5.69 Å². The lowest BCUT2D eigenvalue weighted by Crippen LogP contribution is -2.36. The van der Waals surface area contributed by atoms with Gasteiger partial charge in [0.2, 0.25) is 0 Å². The lowest BCUT2D eigenvalue weighted by Gasteiger charge is -2.37. The Morgan fingerprint density at radius 2 is 2.04 bits per heavy atom. The van der Waals surface area contributed by atoms with E-state index in [2.05, 4.69) is 0 Å². The average Bonchev–Trinajstić information content (AvgIpc) is 2.59. The smallest absolute Gasteiger partial charge is 0.350 e. The van der Waals surface area contributed by atoms with Crippen molar-refractivity contribution in [2.24, 2.45) is 17.8 Å². The number of allylic oxidation sites excluding steroid dienone is 2. The van der Waals surface area contributed by atoms with E-state index in [4.69, 9.17) is 16.3 Å². The minimum Gasteiger partial charge on any atom is -0.427 e. The summed E-state index contributed by atoms with van der Waals surface area (Å²) in [5.74, 6) is -0.481. The van der Waals surface area contributed by atoms with E-state index in [0.717, 1.165) is 31.7 Å². The van der Waals surface area contributed by atoms with Crippen LogP contribution in [0.5, 0.6) is 0 Å². The summed E-state index contributed by atoms with van der Waals surface area (Å²) in [7, 11) is 0. The van der Waals surface area contributed by atoms with Crippen molar-refractivity contribution in [3.8, 4) is 0 Å². The van der Waals surface area contributed by atoms with Crippen molar-refractivity contribution in [3.63, 3.8) is 0 Å². The summed E-state index contributed by atoms with van der Waals surface area (Å²) in [4.78, 5) is 35.2. The van der Waals surface area contributed by atoms with Gasteiger partial charge in [-0.05, 0) is 30.9 Å². The fourth-order valence-corrected chi connectivity index (χ4v) is 3.98. The molecule has 132 valence electrons. The van der Waals surface area contributed by atoms with Crippen LogP contribution >= 0.6 is 11.6 Å². The van der Waals surface area contributed by atoms with E-state index >= 15 is 0 Å². The molecule has 0 saturated heterocycles. The van der Waals surface area contributed by atoms with Crippen molar-refractivity contribution in [3.05, 3.63) is 50.7 Å². The fraction of sp³-hybridized carbons (Fsp3) is 0.444. The van der Waals surface area contributed by atoms with E-state index in [1.807, 2.05) is 6.92 Å². The Kier molecular flexibility index (Phi) is 4.90. The van der Waals surface area contributed by atoms with Gasteiger partial charge in [-0.15, -0.1) is 0 Å². The summed E-state index contributed by atoms with van der Waals surface area (Å²) in [5.41, 5.74) is -0.593. The minimum atomic E-state index is -0.844. The molecule has 0 heterocycles. The highest BCUT2D eigenvalue weighted by molar-refractivity contribution is 6.31. The van der Waals surface area contributed by atoms with Crippen molar-refractivity contribution in [1.29, 1.82) is 0 Å². The molecule has 0 aromatic heterocycles. The third-order valence-corrected chi connectivity index (χ3v) is 5.38. The molecule has 6 nitrogen and oxygen atoms in total. The van der Waals surface area contributed by atoms with Crippen molar-refractivity contribution < 1.29 is 19.2 Å². The van der Waals surface area contributed by atoms with Gasteiger partial charge in [-0.1, -0.05) is 31.4 Å². The lowest BCUT2D eigenvalue weighted by molar-refractivity contribution is -0.385. The summed E-state index contributed by atoms with van der Waals surface area (Å²) in [6.07, 6.45) is 5.28. The van der Waals surface area contributed by atoms with Crippen molar-refractivity contribution in [2.45, 2.75) is 32.6 Å². The van der Waals surface area contributed by atoms with Crippen molar-refractivity contribution in [1.82, 2.24) is 0 Å². The zero-order valence-electron chi connectivity index (χ0n) is 13.7. The summed E-state index contributed by atoms with van der Waals surface area (Å²) in [6.45, 7) is 1.94. The van der Waals surface area contributed by atoms with Gasteiger partial charge >= 0.3 is 5.97 Å². The number of fused-ring (bicyclic) bond motifs is 1. The van der Waals surface area contributed by atoms with E-state index in [0.29, 0.717) is 5.76 Å². The van der Waals surface area contributed by atoms with Crippen LogP contribution in [-0.4, -0.2) is 16.7 Å². The molecule has 2 aliphatic rings. The second-order valence-corrected chi connectivity index (χ2v) is 7.04. The fourth-order valence-electron chi connectivity index (χ4n) is 3.81. The largest absolute Gasteiger partial charge is 0.427 e. The third-order valence-electron chi connectivity index (χ3n) is 5.15. The summed E-state index contributed by atoms with van der Waals surface area (Å²) < 4.78 is 5.39. The average molecular weight is 364 g/mol. The Hall–Kier alpha value is -2.21. The van der Waals surface area contributed by atoms with E-state index in [-0.39, 0.29) is 34.1 Å². The van der Waals surface area contributed by atoms with Crippen LogP contribution < -0.4 is 0 Å². The predicted molar refractivity (Wildman–Crippen MR) is 91.2 cm³/mol. The van der Waals surface area contributed by atoms with Crippen LogP contribution in [0.15, 0.2) is 30.0 Å². The molecule has 0 amide bonds. The highest BCUT2D eigenvalue weighted by atomic mass is 35.5. The first-order valence-electron chi connectivity index (χ1n) is 8.30. The van der Waals surface area contributed by atoms with Gasteiger partial charge in [0.05, 0.1) is 4.92 Å². The molecule has 0 radical (unpaired) electrons. The van der Waals surface area contributed by atoms with Gasteiger partial charge in [0.25, 0.3) is 5.69 Å². The predicted octanol–water partition coefficient (Wildman–Crippen LogP) is 4.31. The van der Waals surface area contributed by atoms with Gasteiger partial charge < -0.3 is 4.74 Å². The lowest BCUT2D eigenvalue weighted by atomic mass is 9.67. The van der Waals surface area contributed by atoms with Gasteiger partial charge in [-0.3, -0.25) is 14.9 Å². The molecular weight excluding hydrogens is 346 g/mol. The maximum atomic E-state index is 12.4. The van der Waals surface area contributed by atoms with Gasteiger partial charge in [-0.25, -0.2) is 4.79 Å². The SMILES string of the molecule is CC1C(OC(=O)c2ccc(Cl)cc2[N+](=O)[O-])=CC(=O)C2CCCCC12. The van der Waals surface area contributed by atoms with Crippen LogP contribution in [0, 0.1) is 27.9 Å². The zero-order chi connectivity index (χ0) is 18.1. The number of esters is 1. The Morgan fingerprint density at radius 3 is 2.76 bits per heavy atom. The Morgan fingerprint density at radius 1 is 1.32 bits per heavy atom. The van der Waals surface area contributed by atoms with Gasteiger partial charge in [0, 0.05) is 29.0 Å². The van der Waals surface area contributed by atoms with Gasteiger partial charge in [-0.2, -0.15) is 0 Å². The molecule has 0 aliphatic heterocycles. The molecule has 25 heavy (non-hydrogen) atoms. The van der Waals surface area contributed by atoms with Crippen molar-refractivity contribution in [2.75, 3.05) is 0 Å². The number of nitrogens with zero attached hydrogens (tertiary/aromatic N) is 1. The Balaban J connectivity index is 1.86. The first-order valence-corrected chi connectivity index (χ1v) is 8.68. The number of ketones is 1. The standard InChI is InChI=1S/C18H18ClNO5/c1-10-12-4-2-3-5-13(12)16(21)9-17(10)25-18(22)14-7-6-11(19)8-15(14)20(23)24/h6-10,12-13H,2-5H2,1H3. The number of carbonyl (C=O) groups is 2. The summed E-state index contributed by atoms with van der Waals surface area (Å²) in [5, 5.41) is 11.3. The normalized spacial score (nSPS) is 25.8. The molecule has 1 fully saturated rings. The molecule has 0 spiro atoms. The molecule has 1 aromatic rings. The van der Waals surface area contributed by atoms with Crippen LogP contribution in [-0.2, 0) is 9.53 Å². The molecule has 1 aromatic carbocycles. The number of halogens is 1. The van der Waals surface area contributed by atoms with Crippen LogP contribution in [0.1, 0.15) is 43.0 Å². The molecule has 7 heteroatoms. The maximum Gasteiger partial charge on any atom is 0.350 e. The Bertz CT molecular complexity index is 773. The number of hydrogen-bond acceptors (Lipinski definition) is 5. The first kappa shape index (κ1) is 17.6. The Labute approximate surface area is 150 Å². The van der Waals surface area contributed by atoms with Crippen molar-refractivity contribution >= 4 is 29.0 Å². The molecule has 3 atom stereocenters. The van der Waals surface area contributed by atoms with E-state index in [1.165, 1.54) is 18.2 Å². The van der Waals surface area contributed by atoms with Gasteiger partial charge in [0.15, 0.2) is 5.78 Å². The van der Waals surface area contributed by atoms with E-state index in [1.54, 1.807) is 0 Å². The first-order chi connectivity index (χ1) is 11.9. The van der Waals surface area contributed by atoms with E-state index < -0.39 is 16.6 Å². The summed E-state index contributed by atoms with van der Waals surface area (Å²) >= 11 is 5.76. The molecule has 3 unspecified atom stereocenters. The molecule has 1 saturated carbocycles. The molecule has 0 bridgehead atoms. The monoisotopic (exact) mass is 363 g/mol. The number of carbonyl (C=O) groups excluding carboxylic acids is 2. The van der Waals surface area contributed by atoms with E-state index in [9.17, 15) is 19.7 Å². The maximum absolute atomic E-state index is 12.4. The number of benzene rings is 1. The second-order valence-electron chi connectivity index (χ2n) is 6.60. The topological polar surface area (TPSA) is 86.5 Å². The number of nitro benzene ring substituents is 1. The molecule has 0 N–H and O–H groups in total. The van der Waals surface area contributed by atoms with Gasteiger partial charge in [0.1, 0.15) is 11.3 Å². The van der Waals surface area contributed by atoms with Crippen LogP contribution in [0.3, 0.4) is 0 Å². The molecule has 3 rings (SSSR count). The number of rotatable bonds is 3. The zero-order valence-corrected chi connectivity index (χ0v) is 14.5. The molecule has 2 aliphatic carbocycles. The number of ether oxygens (including phenoxy) is 1. The highest BCUT2D eigenvalue weighted by Crippen LogP contribution is 2.42. The van der Waals surface area contributed by atoms with Crippen LogP contribution in [0.2, 0.25) is 5.02 Å². The third kappa shape index (κ3) is 3.44. The van der Waals surface area contributed by atoms with Crippen LogP contribution in [0.25, 0.3) is 0 Å². The quantitative estimate of drug-likeness (QED) is 0.453. The second kappa shape index (κ2) is 6.96. The molecular formula is C18H18ClNO5. The highest BCUT2D eigenvalue weighted by Gasteiger charge is 2.40. The number of nitro groups is 1. The number of hydrogen-bond donors (Lipinski definition) is 0. The summed E-state index contributed by atoms with van der Waals surface area (Å²) in [6, 6.07) is 3.77.